The van der Waals surface area contributed by atoms with Crippen LogP contribution in [-0.2, 0) is 4.79 Å². The van der Waals surface area contributed by atoms with Crippen LogP contribution >= 0.6 is 0 Å². The lowest BCUT2D eigenvalue weighted by Gasteiger charge is -2.02. The molecule has 66 valence electrons. The van der Waals surface area contributed by atoms with Gasteiger partial charge in [0.15, 0.2) is 0 Å². The quantitative estimate of drug-likeness (QED) is 0.632. The van der Waals surface area contributed by atoms with Gasteiger partial charge < -0.3 is 5.32 Å². The van der Waals surface area contributed by atoms with Crippen molar-refractivity contribution in [1.29, 1.82) is 0 Å². The number of amides is 1. The van der Waals surface area contributed by atoms with Gasteiger partial charge in [-0.2, -0.15) is 0 Å². The number of carbonyl (C=O) groups excluding carboxylic acids is 1. The van der Waals surface area contributed by atoms with E-state index in [1.54, 1.807) is 6.08 Å². The van der Waals surface area contributed by atoms with E-state index in [1.807, 2.05) is 13.0 Å². The minimum Gasteiger partial charge on any atom is -0.352 e. The van der Waals surface area contributed by atoms with E-state index in [0.29, 0.717) is 6.54 Å². The van der Waals surface area contributed by atoms with Gasteiger partial charge in [-0.3, -0.25) is 4.79 Å². The molecule has 0 bridgehead atoms. The first-order chi connectivity index (χ1) is 5.56. The Morgan fingerprint density at radius 3 is 2.42 bits per heavy atom. The number of carbonyl (C=O) groups is 1. The fraction of sp³-hybridized carbons (Fsp3) is 0.300. The molecule has 0 saturated heterocycles. The minimum atomic E-state index is -0.0375. The van der Waals surface area contributed by atoms with Gasteiger partial charge in [0.1, 0.15) is 0 Å². The normalized spacial score (nSPS) is 10.7. The van der Waals surface area contributed by atoms with Crippen molar-refractivity contribution in [3.05, 3.63) is 36.5 Å². The van der Waals surface area contributed by atoms with Gasteiger partial charge in [0.25, 0.3) is 0 Å². The van der Waals surface area contributed by atoms with Crippen molar-refractivity contribution in [1.82, 2.24) is 5.32 Å². The highest BCUT2D eigenvalue weighted by Crippen LogP contribution is 1.99. The largest absolute Gasteiger partial charge is 0.352 e. The van der Waals surface area contributed by atoms with E-state index in [1.165, 1.54) is 6.92 Å². The van der Waals surface area contributed by atoms with Crippen LogP contribution in [0.5, 0.6) is 0 Å². The first kappa shape index (κ1) is 10.7. The van der Waals surface area contributed by atoms with E-state index in [-0.39, 0.29) is 5.91 Å². The highest BCUT2D eigenvalue weighted by molar-refractivity contribution is 5.73. The third-order valence-electron chi connectivity index (χ3n) is 1.24. The maximum Gasteiger partial charge on any atom is 0.217 e. The predicted octanol–water partition coefficient (Wildman–Crippen LogP) is 1.81. The van der Waals surface area contributed by atoms with Crippen molar-refractivity contribution >= 4 is 5.91 Å². The molecule has 0 spiro atoms. The first-order valence-corrected chi connectivity index (χ1v) is 3.79. The lowest BCUT2D eigenvalue weighted by atomic mass is 10.2. The van der Waals surface area contributed by atoms with Crippen molar-refractivity contribution in [2.75, 3.05) is 6.54 Å². The Bertz CT molecular complexity index is 226. The van der Waals surface area contributed by atoms with Gasteiger partial charge in [-0.1, -0.05) is 30.9 Å². The second-order valence-corrected chi connectivity index (χ2v) is 2.68. The van der Waals surface area contributed by atoms with E-state index in [0.717, 1.165) is 11.1 Å². The first-order valence-electron chi connectivity index (χ1n) is 3.79. The Morgan fingerprint density at radius 1 is 1.50 bits per heavy atom. The highest BCUT2D eigenvalue weighted by Gasteiger charge is 1.93. The van der Waals surface area contributed by atoms with E-state index >= 15 is 0 Å². The standard InChI is InChI=1S/C10H15NO/c1-5-10(6-8(2)3)7-11-9(4)12/h5-6H,1-2,7H2,3-4H3,(H,11,12)/b10-6+. The van der Waals surface area contributed by atoms with Crippen molar-refractivity contribution in [3.63, 3.8) is 0 Å². The van der Waals surface area contributed by atoms with Gasteiger partial charge in [0.2, 0.25) is 5.91 Å². The molecule has 0 aromatic heterocycles. The van der Waals surface area contributed by atoms with Crippen LogP contribution in [0.25, 0.3) is 0 Å². The molecule has 0 radical (unpaired) electrons. The molecule has 0 aromatic rings. The zero-order chi connectivity index (χ0) is 9.56. The minimum absolute atomic E-state index is 0.0375. The molecule has 2 nitrogen and oxygen atoms in total. The van der Waals surface area contributed by atoms with Crippen molar-refractivity contribution in [2.24, 2.45) is 0 Å². The Hall–Kier alpha value is -1.31. The Kier molecular flexibility index (Phi) is 4.77. The average molecular weight is 165 g/mol. The SMILES string of the molecule is C=C/C(=C\C(=C)C)CNC(C)=O. The number of nitrogens with one attached hydrogen (secondary N) is 1. The van der Waals surface area contributed by atoms with Crippen molar-refractivity contribution in [2.45, 2.75) is 13.8 Å². The fourth-order valence-electron chi connectivity index (χ4n) is 0.725. The maximum absolute atomic E-state index is 10.6. The summed E-state index contributed by atoms with van der Waals surface area (Å²) < 4.78 is 0. The Labute approximate surface area is 73.7 Å². The lowest BCUT2D eigenvalue weighted by Crippen LogP contribution is -2.21. The van der Waals surface area contributed by atoms with E-state index in [4.69, 9.17) is 0 Å². The summed E-state index contributed by atoms with van der Waals surface area (Å²) in [6.07, 6.45) is 3.60. The molecule has 0 fully saturated rings. The van der Waals surface area contributed by atoms with Crippen LogP contribution in [0, 0.1) is 0 Å². The molecule has 0 aromatic carbocycles. The van der Waals surface area contributed by atoms with Gasteiger partial charge in [0.05, 0.1) is 0 Å². The monoisotopic (exact) mass is 165 g/mol. The molecule has 0 unspecified atom stereocenters. The third kappa shape index (κ3) is 5.47. The summed E-state index contributed by atoms with van der Waals surface area (Å²) in [6.45, 7) is 11.3. The van der Waals surface area contributed by atoms with Crippen LogP contribution in [0.3, 0.4) is 0 Å². The molecule has 0 aliphatic rings. The second-order valence-electron chi connectivity index (χ2n) is 2.68. The molecule has 2 heteroatoms. The van der Waals surface area contributed by atoms with Gasteiger partial charge >= 0.3 is 0 Å². The van der Waals surface area contributed by atoms with E-state index < -0.39 is 0 Å². The molecule has 0 atom stereocenters. The molecule has 0 rings (SSSR count). The topological polar surface area (TPSA) is 29.1 Å². The van der Waals surface area contributed by atoms with Gasteiger partial charge in [-0.15, -0.1) is 0 Å². The molecule has 0 saturated carbocycles. The number of hydrogen-bond acceptors (Lipinski definition) is 1. The molecule has 1 N–H and O–H groups in total. The van der Waals surface area contributed by atoms with Crippen molar-refractivity contribution in [3.8, 4) is 0 Å². The summed E-state index contributed by atoms with van der Waals surface area (Å²) in [7, 11) is 0. The van der Waals surface area contributed by atoms with Crippen LogP contribution in [0.4, 0.5) is 0 Å². The summed E-state index contributed by atoms with van der Waals surface area (Å²) in [5.41, 5.74) is 1.92. The molecule has 0 heterocycles. The fourth-order valence-corrected chi connectivity index (χ4v) is 0.725. The summed E-state index contributed by atoms with van der Waals surface area (Å²) in [5, 5.41) is 2.68. The smallest absolute Gasteiger partial charge is 0.217 e. The molecular weight excluding hydrogens is 150 g/mol. The van der Waals surface area contributed by atoms with Crippen LogP contribution in [-0.4, -0.2) is 12.5 Å². The van der Waals surface area contributed by atoms with E-state index in [2.05, 4.69) is 18.5 Å². The molecule has 0 aliphatic heterocycles. The molecule has 1 amide bonds. The Morgan fingerprint density at radius 2 is 2.08 bits per heavy atom. The second kappa shape index (κ2) is 5.35. The number of rotatable bonds is 4. The lowest BCUT2D eigenvalue weighted by molar-refractivity contribution is -0.118. The number of allylic oxidation sites excluding steroid dienone is 2. The van der Waals surface area contributed by atoms with Crippen LogP contribution in [0.2, 0.25) is 0 Å². The zero-order valence-corrected chi connectivity index (χ0v) is 7.68. The summed E-state index contributed by atoms with van der Waals surface area (Å²) in [4.78, 5) is 10.6. The van der Waals surface area contributed by atoms with Crippen molar-refractivity contribution < 1.29 is 4.79 Å². The van der Waals surface area contributed by atoms with Gasteiger partial charge in [-0.05, 0) is 12.5 Å². The Balaban J connectivity index is 4.09. The highest BCUT2D eigenvalue weighted by atomic mass is 16.1. The van der Waals surface area contributed by atoms with Gasteiger partial charge in [-0.25, -0.2) is 0 Å². The van der Waals surface area contributed by atoms with Crippen LogP contribution < -0.4 is 5.32 Å². The third-order valence-corrected chi connectivity index (χ3v) is 1.24. The van der Waals surface area contributed by atoms with Crippen LogP contribution in [0.1, 0.15) is 13.8 Å². The summed E-state index contributed by atoms with van der Waals surface area (Å²) >= 11 is 0. The molecular formula is C10H15NO. The van der Waals surface area contributed by atoms with Crippen LogP contribution in [0.15, 0.2) is 36.5 Å². The van der Waals surface area contributed by atoms with Gasteiger partial charge in [0, 0.05) is 13.5 Å². The van der Waals surface area contributed by atoms with E-state index in [9.17, 15) is 4.79 Å². The molecule has 12 heavy (non-hydrogen) atoms. The number of hydrogen-bond donors (Lipinski definition) is 1. The maximum atomic E-state index is 10.6. The molecule has 0 aliphatic carbocycles. The average Bonchev–Trinajstić information content (AvgIpc) is 1.97. The predicted molar refractivity (Wildman–Crippen MR) is 51.8 cm³/mol. The zero-order valence-electron chi connectivity index (χ0n) is 7.68. The summed E-state index contributed by atoms with van der Waals surface area (Å²) in [5.74, 6) is -0.0375. The summed E-state index contributed by atoms with van der Waals surface area (Å²) in [6, 6.07) is 0.